The molecule has 0 radical (unpaired) electrons. The fourth-order valence-corrected chi connectivity index (χ4v) is 9.39. The Bertz CT molecular complexity index is 1850. The van der Waals surface area contributed by atoms with Crippen LogP contribution in [0.1, 0.15) is 36.5 Å². The molecule has 1 aromatic heterocycles. The highest BCUT2D eigenvalue weighted by Crippen LogP contribution is 2.42. The number of thioether (sulfide) groups is 2. The molecule has 3 aliphatic heterocycles. The second-order valence-corrected chi connectivity index (χ2v) is 14.9. The Kier molecular flexibility index (Phi) is 9.04. The highest BCUT2D eigenvalue weighted by molar-refractivity contribution is 8.04. The van der Waals surface area contributed by atoms with Crippen LogP contribution in [-0.2, 0) is 14.3 Å². The highest BCUT2D eigenvalue weighted by Gasteiger charge is 2.52. The van der Waals surface area contributed by atoms with E-state index in [1.165, 1.54) is 47.7 Å². The Morgan fingerprint density at radius 2 is 1.63 bits per heavy atom. The predicted octanol–water partition coefficient (Wildman–Crippen LogP) is 6.69. The molecule has 2 saturated heterocycles. The lowest BCUT2D eigenvalue weighted by molar-refractivity contribution is -0.153. The van der Waals surface area contributed by atoms with Gasteiger partial charge in [-0.15, -0.1) is 23.1 Å². The van der Waals surface area contributed by atoms with E-state index in [1.807, 2.05) is 78.2 Å². The summed E-state index contributed by atoms with van der Waals surface area (Å²) in [6, 6.07) is 26.3. The van der Waals surface area contributed by atoms with Crippen molar-refractivity contribution in [3.05, 3.63) is 129 Å². The summed E-state index contributed by atoms with van der Waals surface area (Å²) in [4.78, 5) is 43.8. The number of piperidine rings is 1. The molecule has 7 nitrogen and oxygen atoms in total. The molecule has 1 amide bonds. The summed E-state index contributed by atoms with van der Waals surface area (Å²) in [6.07, 6.45) is 4.84. The summed E-state index contributed by atoms with van der Waals surface area (Å²) in [6.45, 7) is 2.08. The number of allylic oxidation sites excluding steroid dienone is 1. The van der Waals surface area contributed by atoms with Gasteiger partial charge < -0.3 is 15.4 Å². The number of hydrogen-bond acceptors (Lipinski definition) is 9. The molecular formula is C36H33N3O4S3. The molecule has 0 spiro atoms. The van der Waals surface area contributed by atoms with Crippen molar-refractivity contribution in [3.63, 3.8) is 0 Å². The molecule has 2 fully saturated rings. The predicted molar refractivity (Wildman–Crippen MR) is 188 cm³/mol. The van der Waals surface area contributed by atoms with Crippen LogP contribution in [0.15, 0.2) is 117 Å². The Morgan fingerprint density at radius 1 is 0.935 bits per heavy atom. The maximum absolute atomic E-state index is 14.0. The second kappa shape index (κ2) is 13.5. The second-order valence-electron chi connectivity index (χ2n) is 11.5. The molecule has 4 heterocycles. The van der Waals surface area contributed by atoms with Crippen LogP contribution in [0.2, 0.25) is 0 Å². The number of esters is 1. The molecule has 4 aromatic rings. The number of ether oxygens (including phenoxy) is 1. The molecule has 10 heteroatoms. The van der Waals surface area contributed by atoms with E-state index in [-0.39, 0.29) is 22.4 Å². The average Bonchev–Trinajstić information content (AvgIpc) is 3.10. The third-order valence-corrected chi connectivity index (χ3v) is 11.9. The fourth-order valence-electron chi connectivity index (χ4n) is 6.12. The van der Waals surface area contributed by atoms with E-state index >= 15 is 0 Å². The Labute approximate surface area is 280 Å². The zero-order chi connectivity index (χ0) is 31.6. The first-order valence-corrected chi connectivity index (χ1v) is 18.1. The molecule has 2 atom stereocenters. The lowest BCUT2D eigenvalue weighted by atomic mass is 10.0. The van der Waals surface area contributed by atoms with E-state index < -0.39 is 18.1 Å². The normalized spacial score (nSPS) is 19.9. The lowest BCUT2D eigenvalue weighted by Gasteiger charge is -2.48. The largest absolute Gasteiger partial charge is 0.448 e. The number of anilines is 1. The van der Waals surface area contributed by atoms with Crippen LogP contribution in [0.25, 0.3) is 10.1 Å². The van der Waals surface area contributed by atoms with Gasteiger partial charge in [0.05, 0.1) is 4.21 Å². The third-order valence-electron chi connectivity index (χ3n) is 8.53. The van der Waals surface area contributed by atoms with Gasteiger partial charge in [-0.3, -0.25) is 14.5 Å². The summed E-state index contributed by atoms with van der Waals surface area (Å²) >= 11 is 4.54. The van der Waals surface area contributed by atoms with Crippen molar-refractivity contribution in [2.24, 2.45) is 5.73 Å². The smallest absolute Gasteiger partial charge is 0.356 e. The Hall–Kier alpha value is -3.83. The van der Waals surface area contributed by atoms with Gasteiger partial charge >= 0.3 is 5.97 Å². The van der Waals surface area contributed by atoms with Crippen molar-refractivity contribution in [1.82, 2.24) is 4.90 Å². The first-order valence-electron chi connectivity index (χ1n) is 15.4. The maximum Gasteiger partial charge on any atom is 0.356 e. The fraction of sp³-hybridized carbons (Fsp3) is 0.250. The molecule has 0 bridgehead atoms. The SMILES string of the molecule is N[C@@H]1C(=O)N2C(C(=O)OC(c3ccccc3)c3ccccc3)=C(C=CSc3cc(=O)c4ccc(N5CCCCC5)cc4s3)CS[C@@H]12. The van der Waals surface area contributed by atoms with Gasteiger partial charge in [-0.1, -0.05) is 72.4 Å². The van der Waals surface area contributed by atoms with E-state index in [4.69, 9.17) is 10.5 Å². The molecule has 3 aliphatic rings. The molecular weight excluding hydrogens is 635 g/mol. The van der Waals surface area contributed by atoms with Crippen molar-refractivity contribution in [2.75, 3.05) is 23.7 Å². The van der Waals surface area contributed by atoms with E-state index in [0.717, 1.165) is 44.2 Å². The van der Waals surface area contributed by atoms with Gasteiger partial charge in [-0.25, -0.2) is 4.79 Å². The van der Waals surface area contributed by atoms with E-state index in [9.17, 15) is 14.4 Å². The minimum absolute atomic E-state index is 0.0116. The number of fused-ring (bicyclic) bond motifs is 2. The van der Waals surface area contributed by atoms with Gasteiger partial charge in [0.1, 0.15) is 17.1 Å². The molecule has 7 rings (SSSR count). The van der Waals surface area contributed by atoms with E-state index in [1.54, 1.807) is 17.4 Å². The number of β-lactam (4-membered cyclic amide) rings is 1. The van der Waals surface area contributed by atoms with Crippen LogP contribution >= 0.6 is 34.9 Å². The average molecular weight is 668 g/mol. The van der Waals surface area contributed by atoms with Crippen molar-refractivity contribution in [1.29, 1.82) is 0 Å². The number of nitrogens with zero attached hydrogens (tertiary/aromatic N) is 2. The van der Waals surface area contributed by atoms with Crippen molar-refractivity contribution in [3.8, 4) is 0 Å². The monoisotopic (exact) mass is 667 g/mol. The Balaban J connectivity index is 1.17. The Morgan fingerprint density at radius 3 is 2.33 bits per heavy atom. The zero-order valence-electron chi connectivity index (χ0n) is 25.0. The highest BCUT2D eigenvalue weighted by atomic mass is 32.2. The minimum Gasteiger partial charge on any atom is -0.448 e. The van der Waals surface area contributed by atoms with Crippen molar-refractivity contribution < 1.29 is 14.3 Å². The quantitative estimate of drug-likeness (QED) is 0.126. The molecule has 3 aromatic carbocycles. The van der Waals surface area contributed by atoms with Crippen LogP contribution in [0.4, 0.5) is 5.69 Å². The topological polar surface area (TPSA) is 92.9 Å². The standard InChI is InChI=1S/C36H33N3O4S3/c37-31-34(41)39-32(36(42)43-33(23-10-4-1-5-11-23)24-12-6-2-7-13-24)25(22-45-35(31)39)16-19-44-30-21-28(40)27-15-14-26(20-29(27)46-30)38-17-8-3-9-18-38/h1-2,4-7,10-16,19-21,31,33,35H,3,8-9,17-18,22,37H2/t31-,35+/m1/s1. The number of rotatable bonds is 8. The van der Waals surface area contributed by atoms with E-state index in [0.29, 0.717) is 11.3 Å². The summed E-state index contributed by atoms with van der Waals surface area (Å²) in [5.74, 6) is -0.373. The number of benzene rings is 3. The van der Waals surface area contributed by atoms with Gasteiger partial charge in [-0.2, -0.15) is 0 Å². The molecule has 46 heavy (non-hydrogen) atoms. The third kappa shape index (κ3) is 6.14. The number of carbonyl (C=O) groups is 2. The summed E-state index contributed by atoms with van der Waals surface area (Å²) in [5, 5.41) is 2.29. The number of carbonyl (C=O) groups excluding carboxylic acids is 2. The molecule has 0 unspecified atom stereocenters. The number of hydrogen-bond donors (Lipinski definition) is 1. The maximum atomic E-state index is 14.0. The van der Waals surface area contributed by atoms with Crippen LogP contribution in [0.3, 0.4) is 0 Å². The van der Waals surface area contributed by atoms with E-state index in [2.05, 4.69) is 17.0 Å². The van der Waals surface area contributed by atoms with Crippen LogP contribution < -0.4 is 16.1 Å². The minimum atomic E-state index is -0.656. The van der Waals surface area contributed by atoms with Crippen LogP contribution in [0, 0.1) is 0 Å². The van der Waals surface area contributed by atoms with Gasteiger partial charge in [-0.05, 0) is 65.6 Å². The first-order chi connectivity index (χ1) is 22.5. The summed E-state index contributed by atoms with van der Waals surface area (Å²) < 4.78 is 8.00. The van der Waals surface area contributed by atoms with Crippen molar-refractivity contribution in [2.45, 2.75) is 41.0 Å². The van der Waals surface area contributed by atoms with Gasteiger partial charge in [0.15, 0.2) is 11.5 Å². The number of nitrogens with two attached hydrogens (primary N) is 1. The zero-order valence-corrected chi connectivity index (χ0v) is 27.5. The molecule has 0 aliphatic carbocycles. The summed E-state index contributed by atoms with van der Waals surface area (Å²) in [5.41, 5.74) is 9.83. The summed E-state index contributed by atoms with van der Waals surface area (Å²) in [7, 11) is 0. The van der Waals surface area contributed by atoms with Crippen LogP contribution in [-0.4, -0.2) is 47.0 Å². The molecule has 0 saturated carbocycles. The van der Waals surface area contributed by atoms with Crippen molar-refractivity contribution >= 4 is 62.5 Å². The van der Waals surface area contributed by atoms with Crippen LogP contribution in [0.5, 0.6) is 0 Å². The number of amides is 1. The van der Waals surface area contributed by atoms with Gasteiger partial charge in [0.2, 0.25) is 5.91 Å². The molecule has 234 valence electrons. The lowest BCUT2D eigenvalue weighted by Crippen LogP contribution is -2.68. The van der Waals surface area contributed by atoms with Gasteiger partial charge in [0, 0.05) is 40.7 Å². The molecule has 2 N–H and O–H groups in total. The van der Waals surface area contributed by atoms with Gasteiger partial charge in [0.25, 0.3) is 0 Å². The first kappa shape index (κ1) is 30.8.